The van der Waals surface area contributed by atoms with Crippen molar-refractivity contribution in [3.8, 4) is 11.3 Å². The molecule has 0 aliphatic heterocycles. The predicted octanol–water partition coefficient (Wildman–Crippen LogP) is 3.74. The van der Waals surface area contributed by atoms with Crippen molar-refractivity contribution in [3.05, 3.63) is 66.2 Å². The SMILES string of the molecule is Clc1cccc(Nc2cncc(-c3[c]cncc3)n2)c1. The molecule has 97 valence electrons. The highest BCUT2D eigenvalue weighted by molar-refractivity contribution is 6.30. The van der Waals surface area contributed by atoms with E-state index in [-0.39, 0.29) is 0 Å². The van der Waals surface area contributed by atoms with E-state index in [0.717, 1.165) is 16.9 Å². The Kier molecular flexibility index (Phi) is 3.56. The molecular weight excluding hydrogens is 272 g/mol. The summed E-state index contributed by atoms with van der Waals surface area (Å²) in [6.45, 7) is 0. The van der Waals surface area contributed by atoms with E-state index in [1.54, 1.807) is 24.8 Å². The van der Waals surface area contributed by atoms with Crippen molar-refractivity contribution >= 4 is 23.1 Å². The number of halogens is 1. The number of benzene rings is 1. The quantitative estimate of drug-likeness (QED) is 0.795. The number of aromatic nitrogens is 3. The second kappa shape index (κ2) is 5.67. The molecule has 0 amide bonds. The maximum absolute atomic E-state index is 5.95. The number of rotatable bonds is 3. The lowest BCUT2D eigenvalue weighted by Crippen LogP contribution is -1.96. The summed E-state index contributed by atoms with van der Waals surface area (Å²) in [6, 6.07) is 12.3. The third-order valence-corrected chi connectivity index (χ3v) is 2.86. The standard InChI is InChI=1S/C15H10ClN4/c16-12-2-1-3-13(8-12)19-15-10-18-9-14(20-15)11-4-6-17-7-5-11/h1-4,6-10H,(H,19,20). The molecule has 0 saturated carbocycles. The Hall–Kier alpha value is -2.46. The van der Waals surface area contributed by atoms with Crippen LogP contribution in [0.15, 0.2) is 55.1 Å². The van der Waals surface area contributed by atoms with Crippen LogP contribution in [0.1, 0.15) is 0 Å². The summed E-state index contributed by atoms with van der Waals surface area (Å²) >= 11 is 5.95. The summed E-state index contributed by atoms with van der Waals surface area (Å²) < 4.78 is 0. The molecule has 1 aromatic carbocycles. The minimum atomic E-state index is 0.648. The fourth-order valence-corrected chi connectivity index (χ4v) is 1.94. The molecule has 2 aromatic heterocycles. The summed E-state index contributed by atoms with van der Waals surface area (Å²) in [6.07, 6.45) is 6.65. The van der Waals surface area contributed by atoms with Crippen molar-refractivity contribution in [2.24, 2.45) is 0 Å². The molecule has 0 unspecified atom stereocenters. The van der Waals surface area contributed by atoms with Crippen molar-refractivity contribution in [2.75, 3.05) is 5.32 Å². The Morgan fingerprint density at radius 3 is 2.85 bits per heavy atom. The molecule has 20 heavy (non-hydrogen) atoms. The minimum Gasteiger partial charge on any atom is -0.339 e. The van der Waals surface area contributed by atoms with Gasteiger partial charge in [-0.3, -0.25) is 9.97 Å². The van der Waals surface area contributed by atoms with Gasteiger partial charge in [0.2, 0.25) is 0 Å². The van der Waals surface area contributed by atoms with E-state index in [0.29, 0.717) is 10.8 Å². The summed E-state index contributed by atoms with van der Waals surface area (Å²) in [4.78, 5) is 12.6. The summed E-state index contributed by atoms with van der Waals surface area (Å²) in [5.74, 6) is 0.648. The lowest BCUT2D eigenvalue weighted by molar-refractivity contribution is 1.19. The first-order valence-electron chi connectivity index (χ1n) is 5.98. The van der Waals surface area contributed by atoms with Crippen molar-refractivity contribution in [1.29, 1.82) is 0 Å². The van der Waals surface area contributed by atoms with Crippen molar-refractivity contribution in [1.82, 2.24) is 15.0 Å². The molecule has 3 rings (SSSR count). The molecule has 0 saturated heterocycles. The second-order valence-corrected chi connectivity index (χ2v) is 4.51. The molecular formula is C15H10ClN4. The number of anilines is 2. The largest absolute Gasteiger partial charge is 0.339 e. The Morgan fingerprint density at radius 1 is 1.10 bits per heavy atom. The molecule has 0 bridgehead atoms. The van der Waals surface area contributed by atoms with Gasteiger partial charge in [-0.15, -0.1) is 0 Å². The summed E-state index contributed by atoms with van der Waals surface area (Å²) in [7, 11) is 0. The number of nitrogens with zero attached hydrogens (tertiary/aromatic N) is 3. The van der Waals surface area contributed by atoms with Crippen molar-refractivity contribution < 1.29 is 0 Å². The van der Waals surface area contributed by atoms with Gasteiger partial charge in [0.1, 0.15) is 5.82 Å². The smallest absolute Gasteiger partial charge is 0.149 e. The van der Waals surface area contributed by atoms with Crippen LogP contribution in [-0.2, 0) is 0 Å². The maximum atomic E-state index is 5.95. The molecule has 0 fully saturated rings. The molecule has 0 aliphatic rings. The van der Waals surface area contributed by atoms with Gasteiger partial charge >= 0.3 is 0 Å². The number of hydrogen-bond acceptors (Lipinski definition) is 4. The molecule has 3 aromatic rings. The molecule has 0 atom stereocenters. The van der Waals surface area contributed by atoms with Crippen molar-refractivity contribution in [2.45, 2.75) is 0 Å². The van der Waals surface area contributed by atoms with Gasteiger partial charge < -0.3 is 5.32 Å². The molecule has 1 N–H and O–H groups in total. The Bertz CT molecular complexity index is 716. The maximum Gasteiger partial charge on any atom is 0.149 e. The second-order valence-electron chi connectivity index (χ2n) is 4.08. The third kappa shape index (κ3) is 2.92. The van der Waals surface area contributed by atoms with E-state index in [1.807, 2.05) is 30.3 Å². The molecule has 2 heterocycles. The Balaban J connectivity index is 1.88. The predicted molar refractivity (Wildman–Crippen MR) is 78.8 cm³/mol. The highest BCUT2D eigenvalue weighted by Gasteiger charge is 2.02. The number of nitrogens with one attached hydrogen (secondary N) is 1. The van der Waals surface area contributed by atoms with Gasteiger partial charge in [-0.1, -0.05) is 17.7 Å². The van der Waals surface area contributed by atoms with Crippen LogP contribution < -0.4 is 5.32 Å². The van der Waals surface area contributed by atoms with Crippen LogP contribution in [0.4, 0.5) is 11.5 Å². The average Bonchev–Trinajstić information content (AvgIpc) is 2.48. The molecule has 4 nitrogen and oxygen atoms in total. The molecule has 0 aliphatic carbocycles. The first kappa shape index (κ1) is 12.6. The zero-order valence-corrected chi connectivity index (χ0v) is 11.2. The Morgan fingerprint density at radius 2 is 2.05 bits per heavy atom. The van der Waals surface area contributed by atoms with Crippen LogP contribution >= 0.6 is 11.6 Å². The van der Waals surface area contributed by atoms with Crippen LogP contribution in [-0.4, -0.2) is 15.0 Å². The van der Waals surface area contributed by atoms with E-state index in [4.69, 9.17) is 11.6 Å². The average molecular weight is 282 g/mol. The minimum absolute atomic E-state index is 0.648. The summed E-state index contributed by atoms with van der Waals surface area (Å²) in [5.41, 5.74) is 2.45. The zero-order valence-electron chi connectivity index (χ0n) is 10.4. The fraction of sp³-hybridized carbons (Fsp3) is 0. The van der Waals surface area contributed by atoms with E-state index in [2.05, 4.69) is 26.3 Å². The first-order chi connectivity index (χ1) is 9.81. The number of pyridine rings is 1. The highest BCUT2D eigenvalue weighted by atomic mass is 35.5. The van der Waals surface area contributed by atoms with E-state index >= 15 is 0 Å². The van der Waals surface area contributed by atoms with Gasteiger partial charge in [0.15, 0.2) is 0 Å². The van der Waals surface area contributed by atoms with Crippen LogP contribution in [0.5, 0.6) is 0 Å². The van der Waals surface area contributed by atoms with Crippen molar-refractivity contribution in [3.63, 3.8) is 0 Å². The molecule has 5 heteroatoms. The normalized spacial score (nSPS) is 10.2. The molecule has 0 spiro atoms. The van der Waals surface area contributed by atoms with Crippen LogP contribution in [0.25, 0.3) is 11.3 Å². The Labute approximate surface area is 121 Å². The van der Waals surface area contributed by atoms with Crippen LogP contribution in [0.3, 0.4) is 0 Å². The lowest BCUT2D eigenvalue weighted by Gasteiger charge is -2.07. The van der Waals surface area contributed by atoms with Gasteiger partial charge in [-0.25, -0.2) is 4.98 Å². The van der Waals surface area contributed by atoms with E-state index in [9.17, 15) is 0 Å². The van der Waals surface area contributed by atoms with E-state index < -0.39 is 0 Å². The van der Waals surface area contributed by atoms with Crippen LogP contribution in [0.2, 0.25) is 5.02 Å². The zero-order chi connectivity index (χ0) is 13.8. The van der Waals surface area contributed by atoms with Gasteiger partial charge in [-0.05, 0) is 24.3 Å². The topological polar surface area (TPSA) is 50.7 Å². The number of hydrogen-bond donors (Lipinski definition) is 1. The monoisotopic (exact) mass is 281 g/mol. The van der Waals surface area contributed by atoms with Crippen LogP contribution in [0, 0.1) is 6.07 Å². The highest BCUT2D eigenvalue weighted by Crippen LogP contribution is 2.20. The van der Waals surface area contributed by atoms with Gasteiger partial charge in [-0.2, -0.15) is 0 Å². The fourth-order valence-electron chi connectivity index (χ4n) is 1.74. The summed E-state index contributed by atoms with van der Waals surface area (Å²) in [5, 5.41) is 3.84. The third-order valence-electron chi connectivity index (χ3n) is 2.63. The van der Waals surface area contributed by atoms with Gasteiger partial charge in [0, 0.05) is 34.7 Å². The van der Waals surface area contributed by atoms with Gasteiger partial charge in [0.05, 0.1) is 18.1 Å². The lowest BCUT2D eigenvalue weighted by atomic mass is 10.2. The van der Waals surface area contributed by atoms with E-state index in [1.165, 1.54) is 0 Å². The van der Waals surface area contributed by atoms with Gasteiger partial charge in [0.25, 0.3) is 0 Å². The molecule has 1 radical (unpaired) electrons. The first-order valence-corrected chi connectivity index (χ1v) is 6.36.